The van der Waals surface area contributed by atoms with Crippen LogP contribution in [-0.2, 0) is 13.0 Å². The SMILES string of the molecule is Cc1c(Cn2cc3c(c2)C(O)CCC3)cccc1[N+](=O)[O-]. The van der Waals surface area contributed by atoms with Crippen molar-refractivity contribution in [2.45, 2.75) is 38.8 Å². The predicted molar refractivity (Wildman–Crippen MR) is 79.3 cm³/mol. The molecule has 2 aromatic rings. The van der Waals surface area contributed by atoms with Crippen LogP contribution in [0.1, 0.15) is 41.2 Å². The lowest BCUT2D eigenvalue weighted by Crippen LogP contribution is -2.05. The van der Waals surface area contributed by atoms with Gasteiger partial charge in [-0.25, -0.2) is 0 Å². The van der Waals surface area contributed by atoms with E-state index in [9.17, 15) is 15.2 Å². The summed E-state index contributed by atoms with van der Waals surface area (Å²) in [4.78, 5) is 10.7. The highest BCUT2D eigenvalue weighted by atomic mass is 16.6. The number of hydrogen-bond acceptors (Lipinski definition) is 3. The van der Waals surface area contributed by atoms with Gasteiger partial charge in [0.05, 0.1) is 11.0 Å². The molecule has 0 aliphatic heterocycles. The fourth-order valence-corrected chi connectivity index (χ4v) is 3.05. The number of rotatable bonds is 3. The minimum absolute atomic E-state index is 0.157. The van der Waals surface area contributed by atoms with E-state index in [1.807, 2.05) is 16.8 Å². The molecule has 1 aromatic carbocycles. The van der Waals surface area contributed by atoms with Gasteiger partial charge in [0.25, 0.3) is 5.69 Å². The lowest BCUT2D eigenvalue weighted by molar-refractivity contribution is -0.385. The van der Waals surface area contributed by atoms with E-state index in [4.69, 9.17) is 0 Å². The summed E-state index contributed by atoms with van der Waals surface area (Å²) in [6, 6.07) is 5.17. The van der Waals surface area contributed by atoms with Crippen molar-refractivity contribution >= 4 is 5.69 Å². The van der Waals surface area contributed by atoms with Crippen LogP contribution in [0.2, 0.25) is 0 Å². The van der Waals surface area contributed by atoms with Gasteiger partial charge in [-0.2, -0.15) is 0 Å². The van der Waals surface area contributed by atoms with Gasteiger partial charge < -0.3 is 9.67 Å². The van der Waals surface area contributed by atoms with Gasteiger partial charge in [-0.3, -0.25) is 10.1 Å². The number of nitro groups is 1. The topological polar surface area (TPSA) is 68.3 Å². The molecule has 1 atom stereocenters. The monoisotopic (exact) mass is 286 g/mol. The maximum Gasteiger partial charge on any atom is 0.272 e. The number of aryl methyl sites for hydroxylation is 1. The Morgan fingerprint density at radius 1 is 1.43 bits per heavy atom. The summed E-state index contributed by atoms with van der Waals surface area (Å²) in [5.74, 6) is 0. The van der Waals surface area contributed by atoms with Crippen molar-refractivity contribution in [2.75, 3.05) is 0 Å². The zero-order valence-electron chi connectivity index (χ0n) is 12.0. The summed E-state index contributed by atoms with van der Waals surface area (Å²) in [5, 5.41) is 21.0. The smallest absolute Gasteiger partial charge is 0.272 e. The van der Waals surface area contributed by atoms with Crippen LogP contribution in [0.25, 0.3) is 0 Å². The molecule has 1 aromatic heterocycles. The first-order valence-corrected chi connectivity index (χ1v) is 7.15. The average molecular weight is 286 g/mol. The van der Waals surface area contributed by atoms with Crippen molar-refractivity contribution in [2.24, 2.45) is 0 Å². The molecule has 1 unspecified atom stereocenters. The average Bonchev–Trinajstić information content (AvgIpc) is 2.85. The Morgan fingerprint density at radius 2 is 2.24 bits per heavy atom. The molecule has 1 aliphatic carbocycles. The minimum atomic E-state index is -0.374. The number of aromatic nitrogens is 1. The second-order valence-electron chi connectivity index (χ2n) is 5.64. The molecule has 5 heteroatoms. The van der Waals surface area contributed by atoms with Gasteiger partial charge in [0.2, 0.25) is 0 Å². The minimum Gasteiger partial charge on any atom is -0.388 e. The maximum atomic E-state index is 11.0. The first-order valence-electron chi connectivity index (χ1n) is 7.15. The lowest BCUT2D eigenvalue weighted by Gasteiger charge is -2.16. The van der Waals surface area contributed by atoms with Crippen LogP contribution < -0.4 is 0 Å². The van der Waals surface area contributed by atoms with E-state index in [-0.39, 0.29) is 16.7 Å². The van der Waals surface area contributed by atoms with E-state index in [2.05, 4.69) is 6.20 Å². The molecule has 0 saturated heterocycles. The molecule has 0 fully saturated rings. The number of aliphatic hydroxyl groups excluding tert-OH is 1. The van der Waals surface area contributed by atoms with Crippen molar-refractivity contribution in [3.8, 4) is 0 Å². The summed E-state index contributed by atoms with van der Waals surface area (Å²) >= 11 is 0. The van der Waals surface area contributed by atoms with Gasteiger partial charge in [-0.05, 0) is 37.3 Å². The Balaban J connectivity index is 1.91. The quantitative estimate of drug-likeness (QED) is 0.696. The molecule has 0 spiro atoms. The fraction of sp³-hybridized carbons (Fsp3) is 0.375. The Morgan fingerprint density at radius 3 is 2.95 bits per heavy atom. The molecule has 1 N–H and O–H groups in total. The molecule has 21 heavy (non-hydrogen) atoms. The summed E-state index contributed by atoms with van der Waals surface area (Å²) < 4.78 is 2.02. The molecule has 1 aliphatic rings. The number of benzene rings is 1. The Hall–Kier alpha value is -2.14. The molecular weight excluding hydrogens is 268 g/mol. The number of aliphatic hydroxyl groups is 1. The Bertz CT molecular complexity index is 691. The second kappa shape index (κ2) is 5.33. The highest BCUT2D eigenvalue weighted by Gasteiger charge is 2.20. The Labute approximate surface area is 123 Å². The van der Waals surface area contributed by atoms with Gasteiger partial charge in [-0.15, -0.1) is 0 Å². The van der Waals surface area contributed by atoms with E-state index in [0.717, 1.165) is 30.4 Å². The van der Waals surface area contributed by atoms with Gasteiger partial charge in [0.15, 0.2) is 0 Å². The highest BCUT2D eigenvalue weighted by Crippen LogP contribution is 2.31. The fourth-order valence-electron chi connectivity index (χ4n) is 3.05. The van der Waals surface area contributed by atoms with Crippen LogP contribution in [0.3, 0.4) is 0 Å². The van der Waals surface area contributed by atoms with E-state index < -0.39 is 0 Å². The van der Waals surface area contributed by atoms with Crippen molar-refractivity contribution in [3.05, 3.63) is 63.0 Å². The van der Waals surface area contributed by atoms with Gasteiger partial charge in [-0.1, -0.05) is 12.1 Å². The van der Waals surface area contributed by atoms with Crippen molar-refractivity contribution < 1.29 is 10.0 Å². The first kappa shape index (κ1) is 13.8. The molecule has 110 valence electrons. The number of hydrogen-bond donors (Lipinski definition) is 1. The van der Waals surface area contributed by atoms with Crippen molar-refractivity contribution in [1.29, 1.82) is 0 Å². The largest absolute Gasteiger partial charge is 0.388 e. The van der Waals surface area contributed by atoms with Gasteiger partial charge in [0.1, 0.15) is 0 Å². The Kier molecular flexibility index (Phi) is 3.51. The maximum absolute atomic E-state index is 11.0. The highest BCUT2D eigenvalue weighted by molar-refractivity contribution is 5.44. The van der Waals surface area contributed by atoms with Crippen LogP contribution in [0.4, 0.5) is 5.69 Å². The third-order valence-electron chi connectivity index (χ3n) is 4.25. The van der Waals surface area contributed by atoms with Gasteiger partial charge >= 0.3 is 0 Å². The first-order chi connectivity index (χ1) is 10.1. The van der Waals surface area contributed by atoms with E-state index in [1.165, 1.54) is 11.6 Å². The molecule has 5 nitrogen and oxygen atoms in total. The van der Waals surface area contributed by atoms with Crippen LogP contribution in [-0.4, -0.2) is 14.6 Å². The predicted octanol–water partition coefficient (Wildman–Crippen LogP) is 3.12. The summed E-state index contributed by atoms with van der Waals surface area (Å²) in [6.45, 7) is 2.37. The molecular formula is C16H18N2O3. The summed E-state index contributed by atoms with van der Waals surface area (Å²) in [7, 11) is 0. The van der Waals surface area contributed by atoms with E-state index in [1.54, 1.807) is 13.0 Å². The van der Waals surface area contributed by atoms with Crippen LogP contribution in [0, 0.1) is 17.0 Å². The number of nitro benzene ring substituents is 1. The summed E-state index contributed by atoms with van der Waals surface area (Å²) in [5.41, 5.74) is 3.99. The zero-order chi connectivity index (χ0) is 15.0. The third-order valence-corrected chi connectivity index (χ3v) is 4.25. The standard InChI is InChI=1S/C16H18N2O3/c1-11-12(4-2-6-15(11)18(20)21)8-17-9-13-5-3-7-16(19)14(13)10-17/h2,4,6,9-10,16,19H,3,5,7-8H2,1H3. The van der Waals surface area contributed by atoms with Crippen LogP contribution >= 0.6 is 0 Å². The second-order valence-corrected chi connectivity index (χ2v) is 5.64. The molecule has 3 rings (SSSR count). The molecule has 0 bridgehead atoms. The third kappa shape index (κ3) is 2.56. The number of fused-ring (bicyclic) bond motifs is 1. The number of nitrogens with zero attached hydrogens (tertiary/aromatic N) is 2. The normalized spacial score (nSPS) is 17.5. The van der Waals surface area contributed by atoms with Crippen LogP contribution in [0.5, 0.6) is 0 Å². The molecule has 0 saturated carbocycles. The van der Waals surface area contributed by atoms with Crippen molar-refractivity contribution in [3.63, 3.8) is 0 Å². The van der Waals surface area contributed by atoms with E-state index in [0.29, 0.717) is 12.1 Å². The lowest BCUT2D eigenvalue weighted by atomic mass is 9.93. The van der Waals surface area contributed by atoms with E-state index >= 15 is 0 Å². The van der Waals surface area contributed by atoms with Crippen LogP contribution in [0.15, 0.2) is 30.6 Å². The van der Waals surface area contributed by atoms with Gasteiger partial charge in [0, 0.05) is 36.1 Å². The van der Waals surface area contributed by atoms with Crippen molar-refractivity contribution in [1.82, 2.24) is 4.57 Å². The molecule has 0 amide bonds. The molecule has 0 radical (unpaired) electrons. The molecule has 1 heterocycles. The summed E-state index contributed by atoms with van der Waals surface area (Å²) in [6.07, 6.45) is 6.46. The zero-order valence-corrected chi connectivity index (χ0v) is 12.0.